The summed E-state index contributed by atoms with van der Waals surface area (Å²) in [5.41, 5.74) is 0.832. The number of hydrogen-bond acceptors (Lipinski definition) is 4. The number of ether oxygens (including phenoxy) is 3. The Balaban J connectivity index is 1.98. The number of carbonyl (C=O) groups excluding carboxylic acids is 1. The molecule has 132 valence electrons. The third-order valence-electron chi connectivity index (χ3n) is 3.51. The second kappa shape index (κ2) is 9.52. The fourth-order valence-electron chi connectivity index (χ4n) is 2.11. The SMILES string of the molecule is COc1cc(/C=C/C(=O)Oc2ccccc2)ccc1OCCC(C)C. The van der Waals surface area contributed by atoms with Crippen LogP contribution in [0, 0.1) is 5.92 Å². The van der Waals surface area contributed by atoms with Crippen LogP contribution < -0.4 is 14.2 Å². The number of hydrogen-bond donors (Lipinski definition) is 0. The summed E-state index contributed by atoms with van der Waals surface area (Å²) in [6.45, 7) is 4.96. The lowest BCUT2D eigenvalue weighted by molar-refractivity contribution is -0.128. The van der Waals surface area contributed by atoms with Gasteiger partial charge in [-0.15, -0.1) is 0 Å². The van der Waals surface area contributed by atoms with E-state index in [1.54, 1.807) is 25.3 Å². The molecule has 0 aliphatic carbocycles. The van der Waals surface area contributed by atoms with Crippen molar-refractivity contribution in [1.82, 2.24) is 0 Å². The van der Waals surface area contributed by atoms with Gasteiger partial charge in [-0.05, 0) is 48.2 Å². The maximum atomic E-state index is 11.8. The highest BCUT2D eigenvalue weighted by Crippen LogP contribution is 2.29. The lowest BCUT2D eigenvalue weighted by Gasteiger charge is -2.12. The summed E-state index contributed by atoms with van der Waals surface area (Å²) >= 11 is 0. The van der Waals surface area contributed by atoms with Crippen molar-refractivity contribution < 1.29 is 19.0 Å². The number of methoxy groups -OCH3 is 1. The van der Waals surface area contributed by atoms with E-state index in [2.05, 4.69) is 13.8 Å². The van der Waals surface area contributed by atoms with Crippen molar-refractivity contribution in [2.75, 3.05) is 13.7 Å². The highest BCUT2D eigenvalue weighted by molar-refractivity contribution is 5.88. The number of para-hydroxylation sites is 1. The highest BCUT2D eigenvalue weighted by Gasteiger charge is 2.06. The molecule has 0 aromatic heterocycles. The minimum atomic E-state index is -0.428. The molecule has 0 unspecified atom stereocenters. The van der Waals surface area contributed by atoms with Crippen molar-refractivity contribution in [2.24, 2.45) is 5.92 Å². The zero-order chi connectivity index (χ0) is 18.1. The van der Waals surface area contributed by atoms with Crippen LogP contribution in [0.25, 0.3) is 6.08 Å². The van der Waals surface area contributed by atoms with Gasteiger partial charge < -0.3 is 14.2 Å². The minimum Gasteiger partial charge on any atom is -0.493 e. The van der Waals surface area contributed by atoms with E-state index in [1.165, 1.54) is 6.08 Å². The molecule has 0 fully saturated rings. The zero-order valence-electron chi connectivity index (χ0n) is 14.9. The Kier molecular flexibility index (Phi) is 7.08. The van der Waals surface area contributed by atoms with Gasteiger partial charge in [0.1, 0.15) is 5.75 Å². The number of benzene rings is 2. The predicted octanol–water partition coefficient (Wildman–Crippen LogP) is 4.74. The summed E-state index contributed by atoms with van der Waals surface area (Å²) in [4.78, 5) is 11.8. The molecule has 0 spiro atoms. The molecule has 4 heteroatoms. The molecule has 2 aromatic carbocycles. The van der Waals surface area contributed by atoms with Crippen LogP contribution in [0.15, 0.2) is 54.6 Å². The Morgan fingerprint density at radius 3 is 2.52 bits per heavy atom. The van der Waals surface area contributed by atoms with E-state index in [9.17, 15) is 4.79 Å². The second-order valence-electron chi connectivity index (χ2n) is 6.01. The van der Waals surface area contributed by atoms with Crippen LogP contribution in [-0.2, 0) is 4.79 Å². The summed E-state index contributed by atoms with van der Waals surface area (Å²) in [6.07, 6.45) is 4.06. The van der Waals surface area contributed by atoms with E-state index in [0.29, 0.717) is 29.8 Å². The van der Waals surface area contributed by atoms with Crippen molar-refractivity contribution in [3.8, 4) is 17.2 Å². The number of rotatable bonds is 8. The van der Waals surface area contributed by atoms with E-state index < -0.39 is 5.97 Å². The molecule has 0 saturated carbocycles. The van der Waals surface area contributed by atoms with Gasteiger partial charge in [0.25, 0.3) is 0 Å². The predicted molar refractivity (Wildman–Crippen MR) is 99.1 cm³/mol. The van der Waals surface area contributed by atoms with E-state index in [4.69, 9.17) is 14.2 Å². The minimum absolute atomic E-state index is 0.428. The maximum absolute atomic E-state index is 11.8. The quantitative estimate of drug-likeness (QED) is 0.395. The molecule has 0 bridgehead atoms. The fourth-order valence-corrected chi connectivity index (χ4v) is 2.11. The van der Waals surface area contributed by atoms with Crippen molar-refractivity contribution in [3.05, 3.63) is 60.2 Å². The molecule has 0 radical (unpaired) electrons. The third kappa shape index (κ3) is 6.34. The number of esters is 1. The van der Waals surface area contributed by atoms with Crippen LogP contribution in [0.5, 0.6) is 17.2 Å². The first-order chi connectivity index (χ1) is 12.1. The zero-order valence-corrected chi connectivity index (χ0v) is 14.9. The van der Waals surface area contributed by atoms with Gasteiger partial charge in [-0.3, -0.25) is 0 Å². The molecule has 2 aromatic rings. The van der Waals surface area contributed by atoms with Crippen LogP contribution in [0.1, 0.15) is 25.8 Å². The molecule has 0 N–H and O–H groups in total. The largest absolute Gasteiger partial charge is 0.493 e. The van der Waals surface area contributed by atoms with Gasteiger partial charge in [0.05, 0.1) is 13.7 Å². The van der Waals surface area contributed by atoms with E-state index in [0.717, 1.165) is 12.0 Å². The van der Waals surface area contributed by atoms with Gasteiger partial charge in [0.15, 0.2) is 11.5 Å². The van der Waals surface area contributed by atoms with Crippen LogP contribution in [0.4, 0.5) is 0 Å². The van der Waals surface area contributed by atoms with Crippen molar-refractivity contribution in [1.29, 1.82) is 0 Å². The summed E-state index contributed by atoms with van der Waals surface area (Å²) < 4.78 is 16.3. The first kappa shape index (κ1) is 18.6. The Hall–Kier alpha value is -2.75. The van der Waals surface area contributed by atoms with Crippen molar-refractivity contribution in [3.63, 3.8) is 0 Å². The molecule has 0 amide bonds. The Morgan fingerprint density at radius 1 is 1.08 bits per heavy atom. The summed E-state index contributed by atoms with van der Waals surface area (Å²) in [7, 11) is 1.60. The van der Waals surface area contributed by atoms with E-state index in [-0.39, 0.29) is 0 Å². The monoisotopic (exact) mass is 340 g/mol. The fraction of sp³-hybridized carbons (Fsp3) is 0.286. The van der Waals surface area contributed by atoms with Crippen LogP contribution in [-0.4, -0.2) is 19.7 Å². The lowest BCUT2D eigenvalue weighted by Crippen LogP contribution is -2.03. The van der Waals surface area contributed by atoms with Crippen LogP contribution >= 0.6 is 0 Å². The number of carbonyl (C=O) groups is 1. The van der Waals surface area contributed by atoms with Gasteiger partial charge in [-0.2, -0.15) is 0 Å². The maximum Gasteiger partial charge on any atom is 0.336 e. The normalized spacial score (nSPS) is 10.9. The topological polar surface area (TPSA) is 44.8 Å². The smallest absolute Gasteiger partial charge is 0.336 e. The molecule has 0 atom stereocenters. The van der Waals surface area contributed by atoms with E-state index >= 15 is 0 Å². The van der Waals surface area contributed by atoms with Gasteiger partial charge >= 0.3 is 5.97 Å². The standard InChI is InChI=1S/C21H24O4/c1-16(2)13-14-24-19-11-9-17(15-20(19)23-3)10-12-21(22)25-18-7-5-4-6-8-18/h4-12,15-16H,13-14H2,1-3H3/b12-10+. The average Bonchev–Trinajstić information content (AvgIpc) is 2.61. The van der Waals surface area contributed by atoms with Gasteiger partial charge in [0.2, 0.25) is 0 Å². The molecule has 0 saturated heterocycles. The Labute approximate surface area is 149 Å². The van der Waals surface area contributed by atoms with Crippen molar-refractivity contribution >= 4 is 12.0 Å². The average molecular weight is 340 g/mol. The molecule has 25 heavy (non-hydrogen) atoms. The lowest BCUT2D eigenvalue weighted by atomic mass is 10.1. The highest BCUT2D eigenvalue weighted by atomic mass is 16.5. The summed E-state index contributed by atoms with van der Waals surface area (Å²) in [5.74, 6) is 2.02. The summed E-state index contributed by atoms with van der Waals surface area (Å²) in [5, 5.41) is 0. The second-order valence-corrected chi connectivity index (χ2v) is 6.01. The van der Waals surface area contributed by atoms with Gasteiger partial charge in [-0.25, -0.2) is 4.79 Å². The van der Waals surface area contributed by atoms with Crippen LogP contribution in [0.2, 0.25) is 0 Å². The third-order valence-corrected chi connectivity index (χ3v) is 3.51. The first-order valence-electron chi connectivity index (χ1n) is 8.34. The molecule has 0 aliphatic rings. The first-order valence-corrected chi connectivity index (χ1v) is 8.34. The molecule has 0 heterocycles. The molecule has 4 nitrogen and oxygen atoms in total. The van der Waals surface area contributed by atoms with Gasteiger partial charge in [0, 0.05) is 6.08 Å². The summed E-state index contributed by atoms with van der Waals surface area (Å²) in [6, 6.07) is 14.5. The molecular formula is C21H24O4. The Morgan fingerprint density at radius 2 is 1.84 bits per heavy atom. The van der Waals surface area contributed by atoms with Crippen molar-refractivity contribution in [2.45, 2.75) is 20.3 Å². The molecular weight excluding hydrogens is 316 g/mol. The molecule has 2 rings (SSSR count). The van der Waals surface area contributed by atoms with Crippen LogP contribution in [0.3, 0.4) is 0 Å². The Bertz CT molecular complexity index is 705. The van der Waals surface area contributed by atoms with E-state index in [1.807, 2.05) is 36.4 Å². The van der Waals surface area contributed by atoms with Gasteiger partial charge in [-0.1, -0.05) is 38.1 Å². The molecule has 0 aliphatic heterocycles.